The van der Waals surface area contributed by atoms with Gasteiger partial charge < -0.3 is 10.2 Å². The zero-order valence-electron chi connectivity index (χ0n) is 8.80. The number of thioether (sulfide) groups is 1. The summed E-state index contributed by atoms with van der Waals surface area (Å²) in [5.41, 5.74) is 0. The minimum atomic E-state index is -3.17. The molecule has 2 heterocycles. The fourth-order valence-corrected chi connectivity index (χ4v) is 5.05. The Morgan fingerprint density at radius 2 is 2.24 bits per heavy atom. The number of hydrogen-bond acceptors (Lipinski definition) is 8. The molecule has 0 saturated carbocycles. The van der Waals surface area contributed by atoms with Crippen molar-refractivity contribution >= 4 is 21.6 Å². The number of aliphatic hydroxyl groups is 2. The van der Waals surface area contributed by atoms with E-state index in [-0.39, 0.29) is 24.7 Å². The van der Waals surface area contributed by atoms with E-state index >= 15 is 0 Å². The van der Waals surface area contributed by atoms with E-state index in [4.69, 9.17) is 5.11 Å². The van der Waals surface area contributed by atoms with Crippen molar-refractivity contribution in [1.82, 2.24) is 20.2 Å². The molecule has 0 spiro atoms. The highest BCUT2D eigenvalue weighted by Gasteiger charge is 2.38. The molecule has 1 aliphatic rings. The zero-order valence-corrected chi connectivity index (χ0v) is 10.4. The van der Waals surface area contributed by atoms with Gasteiger partial charge in [0.25, 0.3) is 0 Å². The second kappa shape index (κ2) is 4.88. The molecule has 10 heteroatoms. The first-order valence-corrected chi connectivity index (χ1v) is 7.64. The quantitative estimate of drug-likeness (QED) is 0.645. The predicted octanol–water partition coefficient (Wildman–Crippen LogP) is -2.08. The molecule has 2 N–H and O–H groups in total. The summed E-state index contributed by atoms with van der Waals surface area (Å²) in [6.07, 6.45) is -0.899. The van der Waals surface area contributed by atoms with Crippen molar-refractivity contribution in [2.24, 2.45) is 0 Å². The molecule has 1 aromatic heterocycles. The zero-order chi connectivity index (χ0) is 12.5. The molecule has 0 amide bonds. The minimum absolute atomic E-state index is 0.0786. The number of rotatable bonds is 4. The summed E-state index contributed by atoms with van der Waals surface area (Å²) in [5.74, 6) is -0.295. The molecule has 0 bridgehead atoms. The third kappa shape index (κ3) is 2.94. The summed E-state index contributed by atoms with van der Waals surface area (Å²) < 4.78 is 24.0. The summed E-state index contributed by atoms with van der Waals surface area (Å²) in [6.45, 7) is 0.134. The van der Waals surface area contributed by atoms with Crippen LogP contribution >= 0.6 is 11.8 Å². The van der Waals surface area contributed by atoms with Gasteiger partial charge in [0.15, 0.2) is 9.84 Å². The number of tetrazole rings is 1. The largest absolute Gasteiger partial charge is 0.394 e. The lowest BCUT2D eigenvalue weighted by atomic mass is 10.3. The van der Waals surface area contributed by atoms with Gasteiger partial charge in [-0.1, -0.05) is 11.8 Å². The minimum Gasteiger partial charge on any atom is -0.394 e. The Bertz CT molecular complexity index is 488. The van der Waals surface area contributed by atoms with Crippen LogP contribution in [0.4, 0.5) is 0 Å². The van der Waals surface area contributed by atoms with E-state index in [2.05, 4.69) is 15.5 Å². The Labute approximate surface area is 102 Å². The number of aliphatic hydroxyl groups excluding tert-OH is 2. The van der Waals surface area contributed by atoms with Crippen LogP contribution < -0.4 is 0 Å². The number of aromatic nitrogens is 4. The molecule has 8 nitrogen and oxygen atoms in total. The van der Waals surface area contributed by atoms with Gasteiger partial charge >= 0.3 is 0 Å². The maximum absolute atomic E-state index is 11.3. The standard InChI is InChI=1S/C7H12N4O4S2/c12-2-1-11-7(8-9-10-11)16-6-4-17(14,15)3-5(6)13/h5-6,12-13H,1-4H2. The summed E-state index contributed by atoms with van der Waals surface area (Å²) in [5, 5.41) is 29.2. The molecule has 1 saturated heterocycles. The van der Waals surface area contributed by atoms with Crippen molar-refractivity contribution in [3.8, 4) is 0 Å². The van der Waals surface area contributed by atoms with Crippen molar-refractivity contribution < 1.29 is 18.6 Å². The molecule has 0 radical (unpaired) electrons. The highest BCUT2D eigenvalue weighted by Crippen LogP contribution is 2.29. The van der Waals surface area contributed by atoms with Crippen molar-refractivity contribution in [2.75, 3.05) is 18.1 Å². The van der Waals surface area contributed by atoms with E-state index in [1.165, 1.54) is 4.68 Å². The van der Waals surface area contributed by atoms with E-state index in [0.717, 1.165) is 11.8 Å². The van der Waals surface area contributed by atoms with Gasteiger partial charge in [0.1, 0.15) is 0 Å². The van der Waals surface area contributed by atoms with E-state index in [1.807, 2.05) is 0 Å². The number of hydrogen-bond donors (Lipinski definition) is 2. The highest BCUT2D eigenvalue weighted by atomic mass is 32.2. The van der Waals surface area contributed by atoms with Crippen LogP contribution in [-0.2, 0) is 16.4 Å². The van der Waals surface area contributed by atoms with Gasteiger partial charge in [-0.25, -0.2) is 13.1 Å². The molecule has 17 heavy (non-hydrogen) atoms. The smallest absolute Gasteiger partial charge is 0.209 e. The van der Waals surface area contributed by atoms with Crippen LogP contribution in [0.2, 0.25) is 0 Å². The molecular formula is C7H12N4O4S2. The lowest BCUT2D eigenvalue weighted by molar-refractivity contribution is 0.207. The topological polar surface area (TPSA) is 118 Å². The fraction of sp³-hybridized carbons (Fsp3) is 0.857. The first-order chi connectivity index (χ1) is 8.02. The van der Waals surface area contributed by atoms with Crippen LogP contribution in [0.3, 0.4) is 0 Å². The van der Waals surface area contributed by atoms with E-state index in [1.54, 1.807) is 0 Å². The second-order valence-electron chi connectivity index (χ2n) is 3.71. The maximum atomic E-state index is 11.3. The Morgan fingerprint density at radius 1 is 1.47 bits per heavy atom. The monoisotopic (exact) mass is 280 g/mol. The summed E-state index contributed by atoms with van der Waals surface area (Å²) in [7, 11) is -3.17. The van der Waals surface area contributed by atoms with Crippen LogP contribution in [0.5, 0.6) is 0 Å². The third-order valence-electron chi connectivity index (χ3n) is 2.34. The Balaban J connectivity index is 2.08. The van der Waals surface area contributed by atoms with Crippen LogP contribution in [0, 0.1) is 0 Å². The average Bonchev–Trinajstić information content (AvgIpc) is 2.74. The van der Waals surface area contributed by atoms with Gasteiger partial charge in [-0.2, -0.15) is 0 Å². The second-order valence-corrected chi connectivity index (χ2v) is 7.07. The Hall–Kier alpha value is -0.710. The van der Waals surface area contributed by atoms with Crippen LogP contribution in [0.1, 0.15) is 0 Å². The Morgan fingerprint density at radius 3 is 2.82 bits per heavy atom. The molecular weight excluding hydrogens is 268 g/mol. The predicted molar refractivity (Wildman–Crippen MR) is 59.2 cm³/mol. The van der Waals surface area contributed by atoms with Gasteiger partial charge in [0, 0.05) is 0 Å². The number of nitrogens with zero attached hydrogens (tertiary/aromatic N) is 4. The summed E-state index contributed by atoms with van der Waals surface area (Å²) in [6, 6.07) is 0. The average molecular weight is 280 g/mol. The van der Waals surface area contributed by atoms with Gasteiger partial charge in [0.2, 0.25) is 5.16 Å². The first kappa shape index (κ1) is 12.7. The van der Waals surface area contributed by atoms with E-state index in [0.29, 0.717) is 5.16 Å². The lowest BCUT2D eigenvalue weighted by Crippen LogP contribution is -2.21. The van der Waals surface area contributed by atoms with Crippen molar-refractivity contribution in [2.45, 2.75) is 23.1 Å². The van der Waals surface area contributed by atoms with E-state index < -0.39 is 21.2 Å². The summed E-state index contributed by atoms with van der Waals surface area (Å²) in [4.78, 5) is 0. The molecule has 0 aliphatic carbocycles. The molecule has 2 unspecified atom stereocenters. The Kier molecular flexibility index (Phi) is 3.66. The molecule has 1 aromatic rings. The highest BCUT2D eigenvalue weighted by molar-refractivity contribution is 8.01. The fourth-order valence-electron chi connectivity index (χ4n) is 1.56. The van der Waals surface area contributed by atoms with Crippen LogP contribution in [-0.4, -0.2) is 68.3 Å². The molecule has 1 aliphatic heterocycles. The van der Waals surface area contributed by atoms with Crippen molar-refractivity contribution in [1.29, 1.82) is 0 Å². The number of sulfone groups is 1. The molecule has 2 rings (SSSR count). The summed E-state index contributed by atoms with van der Waals surface area (Å²) >= 11 is 1.12. The molecule has 0 aromatic carbocycles. The van der Waals surface area contributed by atoms with Crippen molar-refractivity contribution in [3.63, 3.8) is 0 Å². The molecule has 1 fully saturated rings. The maximum Gasteiger partial charge on any atom is 0.209 e. The SMILES string of the molecule is O=S1(=O)CC(O)C(Sc2nnnn2CCO)C1. The van der Waals surface area contributed by atoms with Crippen LogP contribution in [0.15, 0.2) is 5.16 Å². The van der Waals surface area contributed by atoms with Gasteiger partial charge in [-0.15, -0.1) is 5.10 Å². The normalized spacial score (nSPS) is 27.4. The third-order valence-corrected chi connectivity index (χ3v) is 5.55. The van der Waals surface area contributed by atoms with Crippen LogP contribution in [0.25, 0.3) is 0 Å². The lowest BCUT2D eigenvalue weighted by Gasteiger charge is -2.10. The molecule has 96 valence electrons. The molecule has 2 atom stereocenters. The first-order valence-electron chi connectivity index (χ1n) is 4.94. The van der Waals surface area contributed by atoms with Gasteiger partial charge in [-0.05, 0) is 10.4 Å². The van der Waals surface area contributed by atoms with Gasteiger partial charge in [0.05, 0.1) is 36.0 Å². The van der Waals surface area contributed by atoms with E-state index in [9.17, 15) is 13.5 Å². The van der Waals surface area contributed by atoms with Gasteiger partial charge in [-0.3, -0.25) is 0 Å². The van der Waals surface area contributed by atoms with Crippen molar-refractivity contribution in [3.05, 3.63) is 0 Å².